The van der Waals surface area contributed by atoms with E-state index in [0.717, 1.165) is 0 Å². The molecule has 1 aliphatic rings. The fraction of sp³-hybridized carbons (Fsp3) is 1.00. The molecule has 12 heavy (non-hydrogen) atoms. The highest BCUT2D eigenvalue weighted by Gasteiger charge is 2.40. The Morgan fingerprint density at radius 2 is 1.75 bits per heavy atom. The Balaban J connectivity index is 2.63. The van der Waals surface area contributed by atoms with Gasteiger partial charge in [0.25, 0.3) is 0 Å². The van der Waals surface area contributed by atoms with E-state index in [1.54, 1.807) is 6.92 Å². The molecule has 1 rings (SSSR count). The van der Waals surface area contributed by atoms with Crippen molar-refractivity contribution < 1.29 is 25.2 Å². The van der Waals surface area contributed by atoms with Crippen LogP contribution in [-0.4, -0.2) is 51.6 Å². The van der Waals surface area contributed by atoms with E-state index in [-0.39, 0.29) is 12.5 Å². The summed E-state index contributed by atoms with van der Waals surface area (Å²) in [4.78, 5) is 0. The van der Waals surface area contributed by atoms with Gasteiger partial charge in [0, 0.05) is 5.92 Å². The van der Waals surface area contributed by atoms with E-state index in [2.05, 4.69) is 0 Å². The van der Waals surface area contributed by atoms with Gasteiger partial charge < -0.3 is 25.2 Å². The van der Waals surface area contributed by atoms with E-state index in [0.29, 0.717) is 0 Å². The molecule has 1 unspecified atom stereocenters. The van der Waals surface area contributed by atoms with Crippen LogP contribution in [0.4, 0.5) is 0 Å². The van der Waals surface area contributed by atoms with Crippen LogP contribution in [0.1, 0.15) is 6.92 Å². The predicted molar refractivity (Wildman–Crippen MR) is 39.1 cm³/mol. The van der Waals surface area contributed by atoms with Crippen molar-refractivity contribution in [3.05, 3.63) is 0 Å². The van der Waals surface area contributed by atoms with E-state index in [1.807, 2.05) is 0 Å². The Labute approximate surface area is 70.2 Å². The Morgan fingerprint density at radius 1 is 1.17 bits per heavy atom. The second-order valence-electron chi connectivity index (χ2n) is 3.09. The van der Waals surface area contributed by atoms with Gasteiger partial charge in [-0.05, 0) is 0 Å². The topological polar surface area (TPSA) is 90.2 Å². The van der Waals surface area contributed by atoms with Crippen molar-refractivity contribution in [2.45, 2.75) is 31.5 Å². The first-order chi connectivity index (χ1) is 5.57. The van der Waals surface area contributed by atoms with Crippen molar-refractivity contribution in [2.75, 3.05) is 6.61 Å². The maximum absolute atomic E-state index is 9.32. The number of hydrogen-bond acceptors (Lipinski definition) is 5. The highest BCUT2D eigenvalue weighted by molar-refractivity contribution is 4.85. The summed E-state index contributed by atoms with van der Waals surface area (Å²) in [6.07, 6.45) is -4.36. The molecule has 1 heterocycles. The van der Waals surface area contributed by atoms with Gasteiger partial charge in [0.15, 0.2) is 6.29 Å². The van der Waals surface area contributed by atoms with E-state index in [4.69, 9.17) is 20.1 Å². The molecule has 0 amide bonds. The van der Waals surface area contributed by atoms with Gasteiger partial charge in [-0.3, -0.25) is 0 Å². The lowest BCUT2D eigenvalue weighted by molar-refractivity contribution is -0.271. The summed E-state index contributed by atoms with van der Waals surface area (Å²) in [7, 11) is 0. The minimum Gasteiger partial charge on any atom is -0.394 e. The minimum atomic E-state index is -1.41. The van der Waals surface area contributed by atoms with Crippen LogP contribution in [-0.2, 0) is 4.74 Å². The van der Waals surface area contributed by atoms with Crippen molar-refractivity contribution in [2.24, 2.45) is 5.92 Å². The Hall–Kier alpha value is -0.200. The third kappa shape index (κ3) is 1.60. The van der Waals surface area contributed by atoms with Gasteiger partial charge in [-0.2, -0.15) is 0 Å². The van der Waals surface area contributed by atoms with Gasteiger partial charge in [0.1, 0.15) is 6.10 Å². The number of aliphatic hydroxyl groups excluding tert-OH is 4. The molecule has 5 nitrogen and oxygen atoms in total. The Morgan fingerprint density at radius 3 is 2.25 bits per heavy atom. The highest BCUT2D eigenvalue weighted by Crippen LogP contribution is 2.24. The average molecular weight is 178 g/mol. The molecule has 0 aromatic carbocycles. The molecule has 0 radical (unpaired) electrons. The zero-order valence-corrected chi connectivity index (χ0v) is 6.79. The average Bonchev–Trinajstić information content (AvgIpc) is 2.08. The van der Waals surface area contributed by atoms with Crippen molar-refractivity contribution >= 4 is 0 Å². The van der Waals surface area contributed by atoms with Gasteiger partial charge in [0.2, 0.25) is 0 Å². The van der Waals surface area contributed by atoms with E-state index in [1.165, 1.54) is 0 Å². The molecule has 0 bridgehead atoms. The van der Waals surface area contributed by atoms with Crippen molar-refractivity contribution in [1.29, 1.82) is 0 Å². The summed E-state index contributed by atoms with van der Waals surface area (Å²) < 4.78 is 4.83. The molecular formula is C7H14O5. The third-order valence-electron chi connectivity index (χ3n) is 2.26. The van der Waals surface area contributed by atoms with Crippen LogP contribution in [0, 0.1) is 5.92 Å². The molecule has 1 saturated heterocycles. The molecule has 0 aromatic rings. The monoisotopic (exact) mass is 178 g/mol. The summed E-state index contributed by atoms with van der Waals surface area (Å²) in [5, 5.41) is 36.2. The largest absolute Gasteiger partial charge is 0.394 e. The lowest BCUT2D eigenvalue weighted by atomic mass is 9.91. The van der Waals surface area contributed by atoms with Crippen LogP contribution in [0.2, 0.25) is 0 Å². The van der Waals surface area contributed by atoms with Gasteiger partial charge in [-0.15, -0.1) is 0 Å². The fourth-order valence-corrected chi connectivity index (χ4v) is 1.29. The van der Waals surface area contributed by atoms with E-state index >= 15 is 0 Å². The molecule has 5 heteroatoms. The quantitative estimate of drug-likeness (QED) is 0.375. The predicted octanol–water partition coefficient (Wildman–Crippen LogP) is -1.95. The summed E-state index contributed by atoms with van der Waals surface area (Å²) in [5.41, 5.74) is 0. The minimum absolute atomic E-state index is 0.276. The summed E-state index contributed by atoms with van der Waals surface area (Å²) >= 11 is 0. The smallest absolute Gasteiger partial charge is 0.183 e. The van der Waals surface area contributed by atoms with Crippen molar-refractivity contribution in [1.82, 2.24) is 0 Å². The van der Waals surface area contributed by atoms with E-state index in [9.17, 15) is 5.11 Å². The fourth-order valence-electron chi connectivity index (χ4n) is 1.29. The Kier molecular flexibility index (Phi) is 3.03. The Bertz CT molecular complexity index is 146. The number of hydrogen-bond donors (Lipinski definition) is 4. The summed E-state index contributed by atoms with van der Waals surface area (Å²) in [6, 6.07) is 0. The molecule has 4 N–H and O–H groups in total. The first kappa shape index (κ1) is 9.88. The lowest BCUT2D eigenvalue weighted by Crippen LogP contribution is -2.54. The van der Waals surface area contributed by atoms with Crippen LogP contribution in [0.15, 0.2) is 0 Å². The number of rotatable bonds is 1. The molecular weight excluding hydrogens is 164 g/mol. The maximum Gasteiger partial charge on any atom is 0.183 e. The highest BCUT2D eigenvalue weighted by atomic mass is 16.6. The second-order valence-corrected chi connectivity index (χ2v) is 3.09. The molecule has 0 aromatic heterocycles. The molecule has 1 fully saturated rings. The lowest BCUT2D eigenvalue weighted by Gasteiger charge is -2.38. The summed E-state index contributed by atoms with van der Waals surface area (Å²) in [5.74, 6) is -0.381. The van der Waals surface area contributed by atoms with Crippen LogP contribution >= 0.6 is 0 Å². The standard InChI is InChI=1S/C7H14O5/c1-3-4(2-8)12-7(11)6(10)5(3)9/h3-11H,2H2,1H3/t3-,4-,5+,6-,7?/m1/s1. The molecule has 72 valence electrons. The second kappa shape index (κ2) is 3.68. The molecule has 0 saturated carbocycles. The van der Waals surface area contributed by atoms with Crippen molar-refractivity contribution in [3.63, 3.8) is 0 Å². The third-order valence-corrected chi connectivity index (χ3v) is 2.26. The van der Waals surface area contributed by atoms with Crippen molar-refractivity contribution in [3.8, 4) is 0 Å². The first-order valence-corrected chi connectivity index (χ1v) is 3.88. The van der Waals surface area contributed by atoms with Gasteiger partial charge >= 0.3 is 0 Å². The SMILES string of the molecule is C[C@H]1[C@H](O)[C@@H](O)C(O)O[C@@H]1CO. The maximum atomic E-state index is 9.32. The number of ether oxygens (including phenoxy) is 1. The first-order valence-electron chi connectivity index (χ1n) is 3.88. The van der Waals surface area contributed by atoms with Gasteiger partial charge in [0.05, 0.1) is 18.8 Å². The molecule has 0 spiro atoms. The molecule has 0 aliphatic carbocycles. The van der Waals surface area contributed by atoms with E-state index < -0.39 is 24.6 Å². The van der Waals surface area contributed by atoms with Crippen LogP contribution in [0.3, 0.4) is 0 Å². The normalized spacial score (nSPS) is 49.2. The van der Waals surface area contributed by atoms with Gasteiger partial charge in [-0.25, -0.2) is 0 Å². The summed E-state index contributed by atoms with van der Waals surface area (Å²) in [6.45, 7) is 1.36. The van der Waals surface area contributed by atoms with Gasteiger partial charge in [-0.1, -0.05) is 6.92 Å². The zero-order chi connectivity index (χ0) is 9.30. The van der Waals surface area contributed by atoms with Crippen LogP contribution in [0.25, 0.3) is 0 Å². The zero-order valence-electron chi connectivity index (χ0n) is 6.79. The number of aliphatic hydroxyl groups is 4. The molecule has 5 atom stereocenters. The molecule has 1 aliphatic heterocycles. The van der Waals surface area contributed by atoms with Crippen LogP contribution < -0.4 is 0 Å². The van der Waals surface area contributed by atoms with Crippen LogP contribution in [0.5, 0.6) is 0 Å².